The van der Waals surface area contributed by atoms with Crippen molar-refractivity contribution in [3.05, 3.63) is 64.2 Å². The first-order chi connectivity index (χ1) is 11.4. The molecule has 0 saturated carbocycles. The molecule has 2 aromatic rings. The number of anilines is 1. The summed E-state index contributed by atoms with van der Waals surface area (Å²) in [6.07, 6.45) is -0.703. The lowest BCUT2D eigenvalue weighted by atomic mass is 10.2. The van der Waals surface area contributed by atoms with Crippen LogP contribution in [0.3, 0.4) is 0 Å². The number of rotatable bonds is 6. The second-order valence-corrected chi connectivity index (χ2v) is 5.38. The van der Waals surface area contributed by atoms with Crippen molar-refractivity contribution in [2.45, 2.75) is 26.9 Å². The van der Waals surface area contributed by atoms with Crippen molar-refractivity contribution < 1.29 is 14.5 Å². The summed E-state index contributed by atoms with van der Waals surface area (Å²) in [5.41, 5.74) is 1.33. The van der Waals surface area contributed by atoms with E-state index < -0.39 is 11.0 Å². The van der Waals surface area contributed by atoms with Gasteiger partial charge in [0.25, 0.3) is 11.6 Å². The molecule has 0 heterocycles. The van der Waals surface area contributed by atoms with Crippen LogP contribution in [-0.4, -0.2) is 23.5 Å². The van der Waals surface area contributed by atoms with E-state index in [-0.39, 0.29) is 11.6 Å². The number of likely N-dealkylation sites (N-methyl/N-ethyl adjacent to an activating group) is 1. The van der Waals surface area contributed by atoms with Crippen molar-refractivity contribution in [1.29, 1.82) is 0 Å². The number of carbonyl (C=O) groups is 1. The molecule has 2 aromatic carbocycles. The van der Waals surface area contributed by atoms with Gasteiger partial charge in [-0.25, -0.2) is 0 Å². The zero-order valence-corrected chi connectivity index (χ0v) is 13.9. The summed E-state index contributed by atoms with van der Waals surface area (Å²) in [6.45, 7) is 5.73. The largest absolute Gasteiger partial charge is 0.481 e. The zero-order valence-electron chi connectivity index (χ0n) is 13.9. The highest BCUT2D eigenvalue weighted by molar-refractivity contribution is 5.96. The first kappa shape index (κ1) is 17.5. The Morgan fingerprint density at radius 2 is 1.92 bits per heavy atom. The SMILES string of the molecule is CCN(C(=O)C(C)Oc1ccc([N+](=O)[O-])c(C)c1)c1ccccc1. The van der Waals surface area contributed by atoms with Gasteiger partial charge < -0.3 is 9.64 Å². The van der Waals surface area contributed by atoms with Crippen LogP contribution >= 0.6 is 0 Å². The Bertz CT molecular complexity index is 731. The van der Waals surface area contributed by atoms with Crippen LogP contribution in [-0.2, 0) is 4.79 Å². The van der Waals surface area contributed by atoms with Crippen LogP contribution < -0.4 is 9.64 Å². The molecular weight excluding hydrogens is 308 g/mol. The molecule has 126 valence electrons. The minimum atomic E-state index is -0.703. The monoisotopic (exact) mass is 328 g/mol. The normalized spacial score (nSPS) is 11.6. The maximum atomic E-state index is 12.6. The molecule has 0 aromatic heterocycles. The summed E-state index contributed by atoms with van der Waals surface area (Å²) in [7, 11) is 0. The molecular formula is C18H20N2O4. The first-order valence-corrected chi connectivity index (χ1v) is 7.72. The number of nitrogens with zero attached hydrogens (tertiary/aromatic N) is 2. The van der Waals surface area contributed by atoms with Crippen molar-refractivity contribution in [3.63, 3.8) is 0 Å². The summed E-state index contributed by atoms with van der Waals surface area (Å²) in [5.74, 6) is 0.266. The molecule has 0 spiro atoms. The van der Waals surface area contributed by atoms with Crippen LogP contribution in [0, 0.1) is 17.0 Å². The highest BCUT2D eigenvalue weighted by atomic mass is 16.6. The highest BCUT2D eigenvalue weighted by Crippen LogP contribution is 2.24. The van der Waals surface area contributed by atoms with E-state index in [4.69, 9.17) is 4.74 Å². The fourth-order valence-electron chi connectivity index (χ4n) is 2.45. The lowest BCUT2D eigenvalue weighted by Crippen LogP contribution is -2.40. The van der Waals surface area contributed by atoms with Gasteiger partial charge in [0.1, 0.15) is 5.75 Å². The van der Waals surface area contributed by atoms with E-state index in [1.54, 1.807) is 24.8 Å². The Balaban J connectivity index is 2.13. The van der Waals surface area contributed by atoms with Crippen molar-refractivity contribution >= 4 is 17.3 Å². The number of para-hydroxylation sites is 1. The summed E-state index contributed by atoms with van der Waals surface area (Å²) in [5, 5.41) is 10.9. The number of nitro benzene ring substituents is 1. The number of benzene rings is 2. The number of nitro groups is 1. The van der Waals surface area contributed by atoms with E-state index in [0.717, 1.165) is 5.69 Å². The number of ether oxygens (including phenoxy) is 1. The van der Waals surface area contributed by atoms with Gasteiger partial charge in [-0.2, -0.15) is 0 Å². The van der Waals surface area contributed by atoms with Crippen LogP contribution in [0.15, 0.2) is 48.5 Å². The Morgan fingerprint density at radius 3 is 2.46 bits per heavy atom. The molecule has 0 saturated heterocycles. The van der Waals surface area contributed by atoms with Gasteiger partial charge in [-0.1, -0.05) is 18.2 Å². The van der Waals surface area contributed by atoms with E-state index in [2.05, 4.69) is 0 Å². The second-order valence-electron chi connectivity index (χ2n) is 5.38. The lowest BCUT2D eigenvalue weighted by molar-refractivity contribution is -0.385. The minimum Gasteiger partial charge on any atom is -0.481 e. The molecule has 1 amide bonds. The standard InChI is InChI=1S/C18H20N2O4/c1-4-19(15-8-6-5-7-9-15)18(21)14(3)24-16-10-11-17(20(22)23)13(2)12-16/h5-12,14H,4H2,1-3H3. The van der Waals surface area contributed by atoms with Gasteiger partial charge in [0.2, 0.25) is 0 Å². The summed E-state index contributed by atoms with van der Waals surface area (Å²) in [4.78, 5) is 24.7. The Morgan fingerprint density at radius 1 is 1.25 bits per heavy atom. The molecule has 0 N–H and O–H groups in total. The van der Waals surface area contributed by atoms with Crippen LogP contribution in [0.25, 0.3) is 0 Å². The van der Waals surface area contributed by atoms with E-state index in [1.807, 2.05) is 37.3 Å². The number of aryl methyl sites for hydroxylation is 1. The van der Waals surface area contributed by atoms with Crippen molar-refractivity contribution in [1.82, 2.24) is 0 Å². The molecule has 1 unspecified atom stereocenters. The highest BCUT2D eigenvalue weighted by Gasteiger charge is 2.22. The third-order valence-corrected chi connectivity index (χ3v) is 3.68. The molecule has 1 atom stereocenters. The predicted octanol–water partition coefficient (Wildman–Crippen LogP) is 3.72. The Kier molecular flexibility index (Phi) is 5.52. The van der Waals surface area contributed by atoms with Gasteiger partial charge in [-0.05, 0) is 45.0 Å². The average molecular weight is 328 g/mol. The smallest absolute Gasteiger partial charge is 0.272 e. The van der Waals surface area contributed by atoms with Gasteiger partial charge in [0.15, 0.2) is 6.10 Å². The molecule has 0 aliphatic rings. The molecule has 2 rings (SSSR count). The summed E-state index contributed by atoms with van der Waals surface area (Å²) in [6, 6.07) is 13.8. The summed E-state index contributed by atoms with van der Waals surface area (Å²) < 4.78 is 5.68. The fourth-order valence-corrected chi connectivity index (χ4v) is 2.45. The first-order valence-electron chi connectivity index (χ1n) is 7.72. The van der Waals surface area contributed by atoms with Gasteiger partial charge >= 0.3 is 0 Å². The van der Waals surface area contributed by atoms with Crippen molar-refractivity contribution in [3.8, 4) is 5.75 Å². The van der Waals surface area contributed by atoms with Crippen LogP contribution in [0.5, 0.6) is 5.75 Å². The lowest BCUT2D eigenvalue weighted by Gasteiger charge is -2.25. The topological polar surface area (TPSA) is 72.7 Å². The maximum absolute atomic E-state index is 12.6. The van der Waals surface area contributed by atoms with E-state index in [1.165, 1.54) is 12.1 Å². The van der Waals surface area contributed by atoms with Gasteiger partial charge in [0.05, 0.1) is 4.92 Å². The number of amides is 1. The van der Waals surface area contributed by atoms with E-state index in [0.29, 0.717) is 17.9 Å². The summed E-state index contributed by atoms with van der Waals surface area (Å²) >= 11 is 0. The predicted molar refractivity (Wildman–Crippen MR) is 92.4 cm³/mol. The van der Waals surface area contributed by atoms with Gasteiger partial charge in [-0.3, -0.25) is 14.9 Å². The maximum Gasteiger partial charge on any atom is 0.272 e. The molecule has 6 nitrogen and oxygen atoms in total. The number of carbonyl (C=O) groups excluding carboxylic acids is 1. The Hall–Kier alpha value is -2.89. The van der Waals surface area contributed by atoms with Gasteiger partial charge in [0, 0.05) is 23.9 Å². The van der Waals surface area contributed by atoms with Crippen LogP contribution in [0.1, 0.15) is 19.4 Å². The number of hydrogen-bond acceptors (Lipinski definition) is 4. The second kappa shape index (κ2) is 7.59. The molecule has 0 fully saturated rings. The molecule has 6 heteroatoms. The molecule has 0 bridgehead atoms. The van der Waals surface area contributed by atoms with Crippen LogP contribution in [0.2, 0.25) is 0 Å². The van der Waals surface area contributed by atoms with Crippen molar-refractivity contribution in [2.24, 2.45) is 0 Å². The zero-order chi connectivity index (χ0) is 17.7. The molecule has 0 radical (unpaired) electrons. The minimum absolute atomic E-state index is 0.0285. The fraction of sp³-hybridized carbons (Fsp3) is 0.278. The molecule has 0 aliphatic carbocycles. The van der Waals surface area contributed by atoms with Crippen molar-refractivity contribution in [2.75, 3.05) is 11.4 Å². The Labute approximate surface area is 140 Å². The third kappa shape index (κ3) is 3.90. The van der Waals surface area contributed by atoms with E-state index in [9.17, 15) is 14.9 Å². The molecule has 0 aliphatic heterocycles. The van der Waals surface area contributed by atoms with Gasteiger partial charge in [-0.15, -0.1) is 0 Å². The molecule has 24 heavy (non-hydrogen) atoms. The number of hydrogen-bond donors (Lipinski definition) is 0. The van der Waals surface area contributed by atoms with E-state index >= 15 is 0 Å². The quantitative estimate of drug-likeness (QED) is 0.598. The average Bonchev–Trinajstić information content (AvgIpc) is 2.56. The third-order valence-electron chi connectivity index (χ3n) is 3.68. The van der Waals surface area contributed by atoms with Crippen LogP contribution in [0.4, 0.5) is 11.4 Å².